The number of carbonyl (C=O) groups is 2. The van der Waals surface area contributed by atoms with Crippen molar-refractivity contribution >= 4 is 23.4 Å². The fraction of sp³-hybridized carbons (Fsp3) is 0.556. The summed E-state index contributed by atoms with van der Waals surface area (Å²) in [5.41, 5.74) is 6.92. The first kappa shape index (κ1) is 19.8. The van der Waals surface area contributed by atoms with Gasteiger partial charge in [-0.2, -0.15) is 0 Å². The molecule has 1 aliphatic rings. The van der Waals surface area contributed by atoms with Gasteiger partial charge in [0, 0.05) is 13.7 Å². The van der Waals surface area contributed by atoms with Gasteiger partial charge in [0.15, 0.2) is 0 Å². The lowest BCUT2D eigenvalue weighted by molar-refractivity contribution is 0.0252. The predicted molar refractivity (Wildman–Crippen MR) is 98.2 cm³/mol. The van der Waals surface area contributed by atoms with Gasteiger partial charge in [0.05, 0.1) is 42.7 Å². The van der Waals surface area contributed by atoms with Crippen molar-refractivity contribution < 1.29 is 23.8 Å². The minimum Gasteiger partial charge on any atom is -0.465 e. The Balaban J connectivity index is 2.13. The molecule has 1 aromatic rings. The summed E-state index contributed by atoms with van der Waals surface area (Å²) in [6.07, 6.45) is -0.621. The van der Waals surface area contributed by atoms with Crippen LogP contribution < -0.4 is 11.1 Å². The maximum absolute atomic E-state index is 12.3. The van der Waals surface area contributed by atoms with Gasteiger partial charge in [0.1, 0.15) is 5.60 Å². The number of hydrogen-bond acceptors (Lipinski definition) is 7. The van der Waals surface area contributed by atoms with Crippen LogP contribution >= 0.6 is 0 Å². The zero-order valence-corrected chi connectivity index (χ0v) is 15.9. The highest BCUT2D eigenvalue weighted by Crippen LogP contribution is 2.25. The van der Waals surface area contributed by atoms with Crippen LogP contribution in [0.2, 0.25) is 0 Å². The van der Waals surface area contributed by atoms with E-state index in [2.05, 4.69) is 5.32 Å². The summed E-state index contributed by atoms with van der Waals surface area (Å²) >= 11 is 0. The van der Waals surface area contributed by atoms with Crippen LogP contribution in [0.3, 0.4) is 0 Å². The number of likely N-dealkylation sites (tertiary alicyclic amines) is 1. The SMILES string of the molecule is COC(=O)c1ccc(N)c(N[C@@H]2CN(C(=O)OC(C)(C)C)C[C@@H]2OC)c1. The minimum absolute atomic E-state index is 0.192. The number of anilines is 2. The highest BCUT2D eigenvalue weighted by molar-refractivity contribution is 5.92. The summed E-state index contributed by atoms with van der Waals surface area (Å²) in [7, 11) is 2.91. The number of amides is 1. The molecule has 1 heterocycles. The van der Waals surface area contributed by atoms with Gasteiger partial charge in [-0.25, -0.2) is 9.59 Å². The normalized spacial score (nSPS) is 20.0. The molecule has 1 fully saturated rings. The van der Waals surface area contributed by atoms with Gasteiger partial charge < -0.3 is 30.2 Å². The third-order valence-corrected chi connectivity index (χ3v) is 4.04. The number of nitrogen functional groups attached to an aromatic ring is 1. The van der Waals surface area contributed by atoms with Gasteiger partial charge in [-0.1, -0.05) is 0 Å². The van der Waals surface area contributed by atoms with Gasteiger partial charge in [-0.3, -0.25) is 0 Å². The van der Waals surface area contributed by atoms with Crippen molar-refractivity contribution in [2.45, 2.75) is 38.5 Å². The smallest absolute Gasteiger partial charge is 0.410 e. The Morgan fingerprint density at radius 2 is 1.92 bits per heavy atom. The second kappa shape index (κ2) is 7.82. The summed E-state index contributed by atoms with van der Waals surface area (Å²) in [4.78, 5) is 25.6. The Kier molecular flexibility index (Phi) is 5.97. The van der Waals surface area contributed by atoms with E-state index in [-0.39, 0.29) is 18.2 Å². The number of nitrogens with zero attached hydrogens (tertiary/aromatic N) is 1. The van der Waals surface area contributed by atoms with Crippen LogP contribution in [0, 0.1) is 0 Å². The van der Waals surface area contributed by atoms with Crippen LogP contribution in [0.4, 0.5) is 16.2 Å². The van der Waals surface area contributed by atoms with Gasteiger partial charge >= 0.3 is 12.1 Å². The first-order valence-electron chi connectivity index (χ1n) is 8.39. The molecule has 0 spiro atoms. The lowest BCUT2D eigenvalue weighted by Gasteiger charge is -2.24. The van der Waals surface area contributed by atoms with Crippen LogP contribution in [0.15, 0.2) is 18.2 Å². The van der Waals surface area contributed by atoms with Crippen molar-refractivity contribution in [2.75, 3.05) is 38.4 Å². The fourth-order valence-corrected chi connectivity index (χ4v) is 2.75. The van der Waals surface area contributed by atoms with E-state index in [0.717, 1.165) is 0 Å². The molecule has 8 nitrogen and oxygen atoms in total. The third kappa shape index (κ3) is 4.78. The fourth-order valence-electron chi connectivity index (χ4n) is 2.75. The average Bonchev–Trinajstić information content (AvgIpc) is 2.97. The summed E-state index contributed by atoms with van der Waals surface area (Å²) in [6.45, 7) is 6.27. The molecule has 0 radical (unpaired) electrons. The second-order valence-electron chi connectivity index (χ2n) is 7.20. The first-order valence-corrected chi connectivity index (χ1v) is 8.39. The molecule has 144 valence electrons. The van der Waals surface area contributed by atoms with Crippen molar-refractivity contribution in [1.29, 1.82) is 0 Å². The largest absolute Gasteiger partial charge is 0.465 e. The summed E-state index contributed by atoms with van der Waals surface area (Å²) in [6, 6.07) is 4.67. The van der Waals surface area contributed by atoms with Crippen LogP contribution in [0.25, 0.3) is 0 Å². The monoisotopic (exact) mass is 365 g/mol. The number of benzene rings is 1. The zero-order chi connectivity index (χ0) is 19.5. The summed E-state index contributed by atoms with van der Waals surface area (Å²) in [5, 5.41) is 3.27. The molecule has 1 amide bonds. The van der Waals surface area contributed by atoms with E-state index in [0.29, 0.717) is 30.0 Å². The number of methoxy groups -OCH3 is 2. The minimum atomic E-state index is -0.565. The molecular formula is C18H27N3O5. The number of rotatable bonds is 4. The molecule has 2 atom stereocenters. The Labute approximate surface area is 153 Å². The maximum Gasteiger partial charge on any atom is 0.410 e. The zero-order valence-electron chi connectivity index (χ0n) is 15.9. The molecule has 0 unspecified atom stereocenters. The Morgan fingerprint density at radius 3 is 2.50 bits per heavy atom. The van der Waals surface area contributed by atoms with Crippen molar-refractivity contribution in [3.05, 3.63) is 23.8 Å². The van der Waals surface area contributed by atoms with Crippen LogP contribution in [-0.2, 0) is 14.2 Å². The van der Waals surface area contributed by atoms with E-state index in [4.69, 9.17) is 19.9 Å². The van der Waals surface area contributed by atoms with Gasteiger partial charge in [0.25, 0.3) is 0 Å². The quantitative estimate of drug-likeness (QED) is 0.622. The van der Waals surface area contributed by atoms with E-state index in [1.54, 1.807) is 30.2 Å². The van der Waals surface area contributed by atoms with Gasteiger partial charge in [-0.05, 0) is 39.0 Å². The number of nitrogens with two attached hydrogens (primary N) is 1. The van der Waals surface area contributed by atoms with E-state index >= 15 is 0 Å². The summed E-state index contributed by atoms with van der Waals surface area (Å²) < 4.78 is 15.7. The molecule has 1 aliphatic heterocycles. The summed E-state index contributed by atoms with van der Waals surface area (Å²) in [5.74, 6) is -0.446. The van der Waals surface area contributed by atoms with Crippen LogP contribution in [-0.4, -0.2) is 62.0 Å². The molecule has 1 saturated heterocycles. The Morgan fingerprint density at radius 1 is 1.23 bits per heavy atom. The molecular weight excluding hydrogens is 338 g/mol. The standard InChI is InChI=1S/C18H27N3O5/c1-18(2,3)26-17(23)21-9-14(15(10-21)24-4)20-13-8-11(16(22)25-5)6-7-12(13)19/h6-8,14-15,20H,9-10,19H2,1-5H3/t14-,15+/m1/s1. The van der Waals surface area contributed by atoms with E-state index in [1.807, 2.05) is 20.8 Å². The molecule has 26 heavy (non-hydrogen) atoms. The number of nitrogens with one attached hydrogen (secondary N) is 1. The molecule has 0 aliphatic carbocycles. The maximum atomic E-state index is 12.3. The first-order chi connectivity index (χ1) is 12.1. The van der Waals surface area contributed by atoms with E-state index in [9.17, 15) is 9.59 Å². The predicted octanol–water partition coefficient (Wildman–Crippen LogP) is 2.10. The molecule has 0 saturated carbocycles. The van der Waals surface area contributed by atoms with Crippen LogP contribution in [0.1, 0.15) is 31.1 Å². The lowest BCUT2D eigenvalue weighted by atomic mass is 10.1. The molecule has 0 bridgehead atoms. The molecule has 2 rings (SSSR count). The molecule has 8 heteroatoms. The van der Waals surface area contributed by atoms with Crippen LogP contribution in [0.5, 0.6) is 0 Å². The Bertz CT molecular complexity index is 671. The molecule has 3 N–H and O–H groups in total. The topological polar surface area (TPSA) is 103 Å². The van der Waals surface area contributed by atoms with E-state index in [1.165, 1.54) is 7.11 Å². The highest BCUT2D eigenvalue weighted by Gasteiger charge is 2.37. The number of ether oxygens (including phenoxy) is 3. The number of carbonyl (C=O) groups excluding carboxylic acids is 2. The van der Waals surface area contributed by atoms with Crippen molar-refractivity contribution in [2.24, 2.45) is 0 Å². The highest BCUT2D eigenvalue weighted by atomic mass is 16.6. The van der Waals surface area contributed by atoms with Crippen molar-refractivity contribution in [1.82, 2.24) is 4.90 Å². The van der Waals surface area contributed by atoms with Crippen molar-refractivity contribution in [3.63, 3.8) is 0 Å². The second-order valence-corrected chi connectivity index (χ2v) is 7.20. The van der Waals surface area contributed by atoms with Crippen molar-refractivity contribution in [3.8, 4) is 0 Å². The third-order valence-electron chi connectivity index (χ3n) is 4.04. The number of hydrogen-bond donors (Lipinski definition) is 2. The van der Waals surface area contributed by atoms with E-state index < -0.39 is 11.6 Å². The van der Waals surface area contributed by atoms with Gasteiger partial charge in [0.2, 0.25) is 0 Å². The molecule has 0 aromatic heterocycles. The lowest BCUT2D eigenvalue weighted by Crippen LogP contribution is -2.36. The average molecular weight is 365 g/mol. The molecule has 1 aromatic carbocycles. The Hall–Kier alpha value is -2.48. The van der Waals surface area contributed by atoms with Gasteiger partial charge in [-0.15, -0.1) is 0 Å². The number of esters is 1.